The minimum absolute atomic E-state index is 0.105. The third-order valence-electron chi connectivity index (χ3n) is 4.70. The van der Waals surface area contributed by atoms with Crippen molar-refractivity contribution in [3.8, 4) is 0 Å². The van der Waals surface area contributed by atoms with Gasteiger partial charge in [-0.25, -0.2) is 0 Å². The van der Waals surface area contributed by atoms with Gasteiger partial charge in [0, 0.05) is 12.4 Å². The van der Waals surface area contributed by atoms with Crippen molar-refractivity contribution >= 4 is 0 Å². The number of nitrogens with one attached hydrogen (secondary N) is 1. The van der Waals surface area contributed by atoms with E-state index in [-0.39, 0.29) is 6.17 Å². The molecule has 0 aromatic carbocycles. The van der Waals surface area contributed by atoms with Crippen LogP contribution in [0.5, 0.6) is 0 Å². The van der Waals surface area contributed by atoms with E-state index in [1.807, 2.05) is 13.1 Å². The fourth-order valence-corrected chi connectivity index (χ4v) is 3.26. The molecule has 1 aliphatic rings. The third kappa shape index (κ3) is 8.67. The average Bonchev–Trinajstić information content (AvgIpc) is 2.97. The number of hydrogen-bond donors (Lipinski definition) is 2. The lowest BCUT2D eigenvalue weighted by atomic mass is 10.0. The second kappa shape index (κ2) is 12.8. The van der Waals surface area contributed by atoms with Crippen molar-refractivity contribution in [1.29, 1.82) is 0 Å². The summed E-state index contributed by atoms with van der Waals surface area (Å²) in [6.45, 7) is 4.33. The van der Waals surface area contributed by atoms with E-state index in [0.717, 1.165) is 0 Å². The molecular formula is C19H39N3. The van der Waals surface area contributed by atoms with Crippen LogP contribution in [0.25, 0.3) is 0 Å². The molecule has 2 unspecified atom stereocenters. The normalized spacial score (nSPS) is 18.7. The summed E-state index contributed by atoms with van der Waals surface area (Å²) in [6.07, 6.45) is 22.8. The maximum Gasteiger partial charge on any atom is 0.0995 e. The molecule has 0 radical (unpaired) electrons. The highest BCUT2D eigenvalue weighted by Crippen LogP contribution is 2.16. The quantitative estimate of drug-likeness (QED) is 0.439. The summed E-state index contributed by atoms with van der Waals surface area (Å²) in [5, 5.41) is 3.39. The van der Waals surface area contributed by atoms with Crippen molar-refractivity contribution in [2.24, 2.45) is 5.73 Å². The summed E-state index contributed by atoms with van der Waals surface area (Å²) in [4.78, 5) is 2.22. The van der Waals surface area contributed by atoms with Crippen LogP contribution in [-0.4, -0.2) is 17.2 Å². The average molecular weight is 310 g/mol. The summed E-state index contributed by atoms with van der Waals surface area (Å²) in [5.41, 5.74) is 5.96. The Kier molecular flexibility index (Phi) is 11.3. The monoisotopic (exact) mass is 309 g/mol. The minimum atomic E-state index is 0.105. The highest BCUT2D eigenvalue weighted by atomic mass is 15.3. The van der Waals surface area contributed by atoms with Gasteiger partial charge in [0.2, 0.25) is 0 Å². The van der Waals surface area contributed by atoms with Gasteiger partial charge >= 0.3 is 0 Å². The van der Waals surface area contributed by atoms with Gasteiger partial charge in [0.1, 0.15) is 0 Å². The first-order valence-electron chi connectivity index (χ1n) is 9.71. The molecule has 0 saturated heterocycles. The zero-order valence-electron chi connectivity index (χ0n) is 15.0. The fourth-order valence-electron chi connectivity index (χ4n) is 3.26. The van der Waals surface area contributed by atoms with Crippen molar-refractivity contribution in [3.05, 3.63) is 12.4 Å². The molecule has 0 saturated carbocycles. The lowest BCUT2D eigenvalue weighted by Crippen LogP contribution is -2.44. The highest BCUT2D eigenvalue weighted by Gasteiger charge is 2.20. The van der Waals surface area contributed by atoms with Crippen LogP contribution in [0.4, 0.5) is 0 Å². The van der Waals surface area contributed by atoms with Crippen molar-refractivity contribution in [1.82, 2.24) is 10.2 Å². The van der Waals surface area contributed by atoms with E-state index in [2.05, 4.69) is 23.3 Å². The lowest BCUT2D eigenvalue weighted by Gasteiger charge is -2.28. The van der Waals surface area contributed by atoms with Crippen molar-refractivity contribution in [2.45, 2.75) is 110 Å². The molecule has 3 nitrogen and oxygen atoms in total. The Balaban J connectivity index is 1.82. The SMILES string of the molecule is CCCCCCCCCCCCCCC1NC=CN1C(C)N. The first-order chi connectivity index (χ1) is 10.8. The second-order valence-electron chi connectivity index (χ2n) is 6.86. The number of nitrogens with zero attached hydrogens (tertiary/aromatic N) is 1. The molecule has 0 fully saturated rings. The molecule has 130 valence electrons. The summed E-state index contributed by atoms with van der Waals surface area (Å²) in [7, 11) is 0. The minimum Gasteiger partial charge on any atom is -0.370 e. The van der Waals surface area contributed by atoms with E-state index in [9.17, 15) is 0 Å². The molecule has 1 aliphatic heterocycles. The molecule has 0 bridgehead atoms. The standard InChI is InChI=1S/C19H39N3/c1-3-4-5-6-7-8-9-10-11-12-13-14-15-19-21-16-17-22(19)18(2)20/h16-19,21H,3-15,20H2,1-2H3. The maximum absolute atomic E-state index is 5.96. The molecule has 1 heterocycles. The first-order valence-corrected chi connectivity index (χ1v) is 9.71. The Hall–Kier alpha value is -0.700. The fraction of sp³-hybridized carbons (Fsp3) is 0.895. The Morgan fingerprint density at radius 3 is 1.91 bits per heavy atom. The number of hydrogen-bond acceptors (Lipinski definition) is 3. The van der Waals surface area contributed by atoms with Gasteiger partial charge in [0.25, 0.3) is 0 Å². The highest BCUT2D eigenvalue weighted by molar-refractivity contribution is 4.95. The van der Waals surface area contributed by atoms with Gasteiger partial charge in [-0.2, -0.15) is 0 Å². The molecule has 0 aliphatic carbocycles. The van der Waals surface area contributed by atoms with Gasteiger partial charge in [-0.05, 0) is 19.8 Å². The summed E-state index contributed by atoms with van der Waals surface area (Å²) >= 11 is 0. The third-order valence-corrected chi connectivity index (χ3v) is 4.70. The van der Waals surface area contributed by atoms with E-state index in [4.69, 9.17) is 5.73 Å². The summed E-state index contributed by atoms with van der Waals surface area (Å²) < 4.78 is 0. The van der Waals surface area contributed by atoms with Gasteiger partial charge in [-0.3, -0.25) is 0 Å². The van der Waals surface area contributed by atoms with E-state index >= 15 is 0 Å². The lowest BCUT2D eigenvalue weighted by molar-refractivity contribution is 0.208. The molecule has 2 atom stereocenters. The Bertz CT molecular complexity index is 276. The van der Waals surface area contributed by atoms with Crippen LogP contribution >= 0.6 is 0 Å². The van der Waals surface area contributed by atoms with E-state index in [1.165, 1.54) is 83.5 Å². The van der Waals surface area contributed by atoms with E-state index in [0.29, 0.717) is 6.17 Å². The zero-order chi connectivity index (χ0) is 16.0. The van der Waals surface area contributed by atoms with Gasteiger partial charge < -0.3 is 16.0 Å². The molecule has 0 amide bonds. The second-order valence-corrected chi connectivity index (χ2v) is 6.86. The molecule has 0 spiro atoms. The topological polar surface area (TPSA) is 41.3 Å². The van der Waals surface area contributed by atoms with Crippen LogP contribution < -0.4 is 11.1 Å². The van der Waals surface area contributed by atoms with Crippen LogP contribution in [0.1, 0.15) is 97.3 Å². The Morgan fingerprint density at radius 1 is 0.909 bits per heavy atom. The predicted molar refractivity (Wildman–Crippen MR) is 97.2 cm³/mol. The predicted octanol–water partition coefficient (Wildman–Crippen LogP) is 5.08. The van der Waals surface area contributed by atoms with Crippen LogP contribution in [0.2, 0.25) is 0 Å². The van der Waals surface area contributed by atoms with Crippen LogP contribution in [0.15, 0.2) is 12.4 Å². The van der Waals surface area contributed by atoms with Gasteiger partial charge in [0.05, 0.1) is 12.3 Å². The molecule has 22 heavy (non-hydrogen) atoms. The number of rotatable bonds is 14. The summed E-state index contributed by atoms with van der Waals surface area (Å²) in [6, 6.07) is 0. The smallest absolute Gasteiger partial charge is 0.0995 e. The van der Waals surface area contributed by atoms with Crippen LogP contribution in [0, 0.1) is 0 Å². The van der Waals surface area contributed by atoms with E-state index in [1.54, 1.807) is 0 Å². The zero-order valence-corrected chi connectivity index (χ0v) is 15.0. The van der Waals surface area contributed by atoms with Crippen molar-refractivity contribution < 1.29 is 0 Å². The molecule has 0 aromatic rings. The molecule has 3 heteroatoms. The Labute approximate surface area is 138 Å². The van der Waals surface area contributed by atoms with Crippen molar-refractivity contribution in [2.75, 3.05) is 0 Å². The van der Waals surface area contributed by atoms with Gasteiger partial charge in [-0.1, -0.05) is 77.6 Å². The van der Waals surface area contributed by atoms with Crippen molar-refractivity contribution in [3.63, 3.8) is 0 Å². The van der Waals surface area contributed by atoms with Gasteiger partial charge in [-0.15, -0.1) is 0 Å². The van der Waals surface area contributed by atoms with Crippen LogP contribution in [0.3, 0.4) is 0 Å². The molecule has 3 N–H and O–H groups in total. The van der Waals surface area contributed by atoms with Gasteiger partial charge in [0.15, 0.2) is 0 Å². The first kappa shape index (κ1) is 19.3. The number of nitrogens with two attached hydrogens (primary N) is 1. The molecule has 1 rings (SSSR count). The number of unbranched alkanes of at least 4 members (excludes halogenated alkanes) is 11. The Morgan fingerprint density at radius 2 is 1.41 bits per heavy atom. The molecule has 0 aromatic heterocycles. The van der Waals surface area contributed by atoms with E-state index < -0.39 is 0 Å². The largest absolute Gasteiger partial charge is 0.370 e. The van der Waals surface area contributed by atoms with Crippen LogP contribution in [-0.2, 0) is 0 Å². The molecular weight excluding hydrogens is 270 g/mol. The maximum atomic E-state index is 5.96. The summed E-state index contributed by atoms with van der Waals surface area (Å²) in [5.74, 6) is 0.